The molecule has 132 valence electrons. The number of hydrogen-bond donors (Lipinski definition) is 1. The van der Waals surface area contributed by atoms with Gasteiger partial charge in [-0.1, -0.05) is 42.5 Å². The summed E-state index contributed by atoms with van der Waals surface area (Å²) in [4.78, 5) is 14.3. The normalized spacial score (nSPS) is 17.2. The van der Waals surface area contributed by atoms with Gasteiger partial charge in [0.2, 0.25) is 5.91 Å². The zero-order chi connectivity index (χ0) is 17.6. The number of carbonyl (C=O) groups is 1. The molecule has 0 fully saturated rings. The SMILES string of the molecule is C[C@H](c1ccccc1)N(C)CC(=O)NC[C@H]1COc2ccccc2O1. The minimum atomic E-state index is -0.171. The molecule has 2 aromatic carbocycles. The van der Waals surface area contributed by atoms with Crippen molar-refractivity contribution < 1.29 is 14.3 Å². The molecule has 1 amide bonds. The smallest absolute Gasteiger partial charge is 0.234 e. The summed E-state index contributed by atoms with van der Waals surface area (Å²) < 4.78 is 11.5. The Morgan fingerprint density at radius 3 is 2.60 bits per heavy atom. The Labute approximate surface area is 148 Å². The van der Waals surface area contributed by atoms with Crippen LogP contribution in [0.5, 0.6) is 11.5 Å². The van der Waals surface area contributed by atoms with Gasteiger partial charge in [0.1, 0.15) is 12.7 Å². The van der Waals surface area contributed by atoms with Crippen molar-refractivity contribution in [3.8, 4) is 11.5 Å². The van der Waals surface area contributed by atoms with Gasteiger partial charge in [0.05, 0.1) is 13.1 Å². The molecule has 0 spiro atoms. The number of nitrogens with zero attached hydrogens (tertiary/aromatic N) is 1. The molecule has 1 aliphatic rings. The molecule has 1 aliphatic heterocycles. The van der Waals surface area contributed by atoms with Crippen LogP contribution in [0.2, 0.25) is 0 Å². The maximum Gasteiger partial charge on any atom is 0.234 e. The standard InChI is InChI=1S/C20H24N2O3/c1-15(16-8-4-3-5-9-16)22(2)13-20(23)21-12-17-14-24-18-10-6-7-11-19(18)25-17/h3-11,15,17H,12-14H2,1-2H3,(H,21,23)/t15-,17+/m1/s1. The summed E-state index contributed by atoms with van der Waals surface area (Å²) in [6.45, 7) is 3.30. The van der Waals surface area contributed by atoms with E-state index in [2.05, 4.69) is 24.4 Å². The summed E-state index contributed by atoms with van der Waals surface area (Å²) >= 11 is 0. The molecule has 1 heterocycles. The maximum absolute atomic E-state index is 12.2. The van der Waals surface area contributed by atoms with E-state index >= 15 is 0 Å². The third-order valence-corrected chi connectivity index (χ3v) is 4.43. The second kappa shape index (κ2) is 8.03. The van der Waals surface area contributed by atoms with Crippen LogP contribution in [0.25, 0.3) is 0 Å². The number of likely N-dealkylation sites (N-methyl/N-ethyl adjacent to an activating group) is 1. The van der Waals surface area contributed by atoms with Crippen molar-refractivity contribution in [2.45, 2.75) is 19.1 Å². The van der Waals surface area contributed by atoms with Gasteiger partial charge in [-0.15, -0.1) is 0 Å². The predicted molar refractivity (Wildman–Crippen MR) is 96.8 cm³/mol. The van der Waals surface area contributed by atoms with Gasteiger partial charge in [-0.25, -0.2) is 0 Å². The molecule has 3 rings (SSSR count). The average molecular weight is 340 g/mol. The second-order valence-electron chi connectivity index (χ2n) is 6.30. The van der Waals surface area contributed by atoms with E-state index in [9.17, 15) is 4.79 Å². The Bertz CT molecular complexity index is 705. The van der Waals surface area contributed by atoms with Gasteiger partial charge < -0.3 is 14.8 Å². The van der Waals surface area contributed by atoms with Gasteiger partial charge in [0, 0.05) is 6.04 Å². The Morgan fingerprint density at radius 1 is 1.16 bits per heavy atom. The monoisotopic (exact) mass is 340 g/mol. The number of ether oxygens (including phenoxy) is 2. The van der Waals surface area contributed by atoms with Crippen LogP contribution in [0.3, 0.4) is 0 Å². The lowest BCUT2D eigenvalue weighted by atomic mass is 10.1. The van der Waals surface area contributed by atoms with Crippen LogP contribution < -0.4 is 14.8 Å². The fourth-order valence-corrected chi connectivity index (χ4v) is 2.80. The van der Waals surface area contributed by atoms with Crippen LogP contribution in [-0.2, 0) is 4.79 Å². The molecular formula is C20H24N2O3. The number of amides is 1. The first kappa shape index (κ1) is 17.3. The average Bonchev–Trinajstić information content (AvgIpc) is 2.66. The molecular weight excluding hydrogens is 316 g/mol. The first-order valence-corrected chi connectivity index (χ1v) is 8.54. The van der Waals surface area contributed by atoms with Gasteiger partial charge in [-0.2, -0.15) is 0 Å². The van der Waals surface area contributed by atoms with E-state index in [4.69, 9.17) is 9.47 Å². The van der Waals surface area contributed by atoms with Crippen LogP contribution in [0.4, 0.5) is 0 Å². The minimum absolute atomic E-state index is 0.0206. The van der Waals surface area contributed by atoms with E-state index < -0.39 is 0 Å². The molecule has 0 bridgehead atoms. The summed E-state index contributed by atoms with van der Waals surface area (Å²) in [5, 5.41) is 2.93. The lowest BCUT2D eigenvalue weighted by Crippen LogP contribution is -2.44. The lowest BCUT2D eigenvalue weighted by Gasteiger charge is -2.27. The molecule has 0 radical (unpaired) electrons. The number of rotatable bonds is 6. The third-order valence-electron chi connectivity index (χ3n) is 4.43. The summed E-state index contributed by atoms with van der Waals surface area (Å²) in [5.74, 6) is 1.46. The highest BCUT2D eigenvalue weighted by Gasteiger charge is 2.21. The van der Waals surface area contributed by atoms with Gasteiger partial charge in [0.25, 0.3) is 0 Å². The number of benzene rings is 2. The number of hydrogen-bond acceptors (Lipinski definition) is 4. The molecule has 0 aromatic heterocycles. The van der Waals surface area contributed by atoms with Crippen molar-refractivity contribution >= 4 is 5.91 Å². The molecule has 2 atom stereocenters. The molecule has 0 aliphatic carbocycles. The molecule has 0 unspecified atom stereocenters. The fourth-order valence-electron chi connectivity index (χ4n) is 2.80. The minimum Gasteiger partial charge on any atom is -0.486 e. The highest BCUT2D eigenvalue weighted by atomic mass is 16.6. The predicted octanol–water partition coefficient (Wildman–Crippen LogP) is 2.64. The molecule has 2 aromatic rings. The lowest BCUT2D eigenvalue weighted by molar-refractivity contribution is -0.122. The highest BCUT2D eigenvalue weighted by Crippen LogP contribution is 2.30. The summed E-state index contributed by atoms with van der Waals surface area (Å²) in [5.41, 5.74) is 1.19. The van der Waals surface area contributed by atoms with Crippen molar-refractivity contribution in [2.24, 2.45) is 0 Å². The van der Waals surface area contributed by atoms with E-state index in [1.54, 1.807) is 0 Å². The van der Waals surface area contributed by atoms with Gasteiger partial charge in [-0.3, -0.25) is 9.69 Å². The molecule has 5 nitrogen and oxygen atoms in total. The van der Waals surface area contributed by atoms with Crippen molar-refractivity contribution in [1.29, 1.82) is 0 Å². The zero-order valence-electron chi connectivity index (χ0n) is 14.6. The molecule has 0 saturated carbocycles. The Morgan fingerprint density at radius 2 is 1.84 bits per heavy atom. The van der Waals surface area contributed by atoms with Crippen molar-refractivity contribution in [3.63, 3.8) is 0 Å². The van der Waals surface area contributed by atoms with Crippen LogP contribution in [0, 0.1) is 0 Å². The highest BCUT2D eigenvalue weighted by molar-refractivity contribution is 5.78. The Hall–Kier alpha value is -2.53. The van der Waals surface area contributed by atoms with Gasteiger partial charge >= 0.3 is 0 Å². The topological polar surface area (TPSA) is 50.8 Å². The van der Waals surface area contributed by atoms with E-state index in [1.807, 2.05) is 54.4 Å². The Kier molecular flexibility index (Phi) is 5.56. The maximum atomic E-state index is 12.2. The molecule has 1 N–H and O–H groups in total. The number of para-hydroxylation sites is 2. The van der Waals surface area contributed by atoms with Crippen LogP contribution >= 0.6 is 0 Å². The number of nitrogens with one attached hydrogen (secondary N) is 1. The van der Waals surface area contributed by atoms with Crippen LogP contribution in [-0.4, -0.2) is 43.7 Å². The van der Waals surface area contributed by atoms with E-state index in [-0.39, 0.29) is 18.1 Å². The fraction of sp³-hybridized carbons (Fsp3) is 0.350. The van der Waals surface area contributed by atoms with E-state index in [1.165, 1.54) is 5.56 Å². The quantitative estimate of drug-likeness (QED) is 0.878. The Balaban J connectivity index is 1.45. The van der Waals surface area contributed by atoms with Crippen molar-refractivity contribution in [1.82, 2.24) is 10.2 Å². The van der Waals surface area contributed by atoms with Crippen LogP contribution in [0.15, 0.2) is 54.6 Å². The second-order valence-corrected chi connectivity index (χ2v) is 6.30. The molecule has 25 heavy (non-hydrogen) atoms. The first-order chi connectivity index (χ1) is 12.1. The van der Waals surface area contributed by atoms with Crippen LogP contribution in [0.1, 0.15) is 18.5 Å². The zero-order valence-corrected chi connectivity index (χ0v) is 14.6. The van der Waals surface area contributed by atoms with E-state index in [0.717, 1.165) is 11.5 Å². The largest absolute Gasteiger partial charge is 0.486 e. The van der Waals surface area contributed by atoms with E-state index in [0.29, 0.717) is 19.7 Å². The summed E-state index contributed by atoms with van der Waals surface area (Å²) in [6.07, 6.45) is -0.171. The first-order valence-electron chi connectivity index (χ1n) is 8.54. The molecule has 0 saturated heterocycles. The van der Waals surface area contributed by atoms with Crippen molar-refractivity contribution in [3.05, 3.63) is 60.2 Å². The van der Waals surface area contributed by atoms with Gasteiger partial charge in [-0.05, 0) is 31.7 Å². The molecule has 5 heteroatoms. The van der Waals surface area contributed by atoms with Gasteiger partial charge in [0.15, 0.2) is 11.5 Å². The number of fused-ring (bicyclic) bond motifs is 1. The number of carbonyl (C=O) groups excluding carboxylic acids is 1. The van der Waals surface area contributed by atoms with Crippen molar-refractivity contribution in [2.75, 3.05) is 26.7 Å². The summed E-state index contributed by atoms with van der Waals surface area (Å²) in [7, 11) is 1.95. The summed E-state index contributed by atoms with van der Waals surface area (Å²) in [6, 6.07) is 17.9. The third kappa shape index (κ3) is 4.51.